The van der Waals surface area contributed by atoms with Crippen LogP contribution in [0.2, 0.25) is 0 Å². The van der Waals surface area contributed by atoms with Crippen molar-refractivity contribution in [2.45, 2.75) is 0 Å². The molecule has 216 valence electrons. The van der Waals surface area contributed by atoms with Crippen LogP contribution in [0.15, 0.2) is 132 Å². The van der Waals surface area contributed by atoms with E-state index in [0.717, 1.165) is 43.2 Å². The average molecular weight is 612 g/mol. The number of thiophene rings is 1. The van der Waals surface area contributed by atoms with Crippen molar-refractivity contribution in [3.05, 3.63) is 127 Å². The van der Waals surface area contributed by atoms with Crippen molar-refractivity contribution < 1.29 is 13.9 Å². The summed E-state index contributed by atoms with van der Waals surface area (Å²) in [5.74, 6) is 4.10. The fourth-order valence-electron chi connectivity index (χ4n) is 6.21. The maximum absolute atomic E-state index is 6.64. The van der Waals surface area contributed by atoms with Crippen LogP contribution in [0.1, 0.15) is 0 Å². The molecule has 0 bridgehead atoms. The zero-order valence-corrected chi connectivity index (χ0v) is 24.9. The maximum atomic E-state index is 6.64. The van der Waals surface area contributed by atoms with Crippen molar-refractivity contribution in [2.75, 3.05) is 0 Å². The lowest BCUT2D eigenvalue weighted by Gasteiger charge is -2.22. The summed E-state index contributed by atoms with van der Waals surface area (Å²) in [6, 6.07) is 42.4. The Bertz CT molecular complexity index is 2660. The molecular weight excluding hydrogens is 591 g/mol. The molecule has 0 unspecified atom stereocenters. The van der Waals surface area contributed by atoms with Gasteiger partial charge in [-0.05, 0) is 42.5 Å². The third kappa shape index (κ3) is 3.92. The molecule has 6 aromatic carbocycles. The molecule has 0 saturated heterocycles. The highest BCUT2D eigenvalue weighted by atomic mass is 32.1. The molecule has 6 nitrogen and oxygen atoms in total. The first-order valence-corrected chi connectivity index (χ1v) is 15.7. The Morgan fingerprint density at radius 1 is 0.435 bits per heavy atom. The van der Waals surface area contributed by atoms with Crippen molar-refractivity contribution in [1.82, 2.24) is 15.0 Å². The molecule has 0 aliphatic carbocycles. The fraction of sp³-hybridized carbons (Fsp3) is 0. The van der Waals surface area contributed by atoms with Crippen LogP contribution in [0.3, 0.4) is 0 Å². The molecule has 1 aliphatic heterocycles. The van der Waals surface area contributed by atoms with E-state index in [1.54, 1.807) is 11.3 Å². The Labute approximate surface area is 266 Å². The Hall–Kier alpha value is -6.05. The Kier molecular flexibility index (Phi) is 5.35. The molecule has 0 radical (unpaired) electrons. The molecule has 0 fully saturated rings. The van der Waals surface area contributed by atoms with Crippen molar-refractivity contribution in [1.29, 1.82) is 0 Å². The largest absolute Gasteiger partial charge is 0.456 e. The molecule has 1 aliphatic rings. The third-order valence-corrected chi connectivity index (χ3v) is 9.53. The van der Waals surface area contributed by atoms with Gasteiger partial charge in [-0.2, -0.15) is 0 Å². The van der Waals surface area contributed by atoms with Gasteiger partial charge in [0, 0.05) is 48.1 Å². The van der Waals surface area contributed by atoms with E-state index in [0.29, 0.717) is 46.0 Å². The van der Waals surface area contributed by atoms with E-state index in [2.05, 4.69) is 48.5 Å². The summed E-state index contributed by atoms with van der Waals surface area (Å²) in [4.78, 5) is 14.9. The topological polar surface area (TPSA) is 70.3 Å². The monoisotopic (exact) mass is 611 g/mol. The predicted molar refractivity (Wildman–Crippen MR) is 183 cm³/mol. The molecule has 0 spiro atoms. The molecule has 0 N–H and O–H groups in total. The van der Waals surface area contributed by atoms with Crippen molar-refractivity contribution >= 4 is 53.4 Å². The molecule has 7 heteroatoms. The number of nitrogens with zero attached hydrogens (tertiary/aromatic N) is 3. The van der Waals surface area contributed by atoms with Crippen LogP contribution in [-0.2, 0) is 0 Å². The highest BCUT2D eigenvalue weighted by Crippen LogP contribution is 2.52. The standard InChI is InChI=1S/C39H21N3O3S/c1-2-9-22(10-3-1)37-40-38(23-17-18-25-24-11-4-6-14-29(24)43-31(25)19-23)42-39(41-37)27-13-8-15-30-36(27)45-32-20-28-26-12-5-7-16-34(26)46-35(28)21-33(32)44-30/h1-21H. The molecule has 0 saturated carbocycles. The molecule has 0 amide bonds. The SMILES string of the molecule is c1ccc(-c2nc(-c3ccc4c(c3)oc3ccccc34)nc(-c3cccc4c3Oc3cc5c(cc3O4)sc3ccccc35)n2)cc1. The third-order valence-electron chi connectivity index (χ3n) is 8.40. The number of rotatable bonds is 3. The van der Waals surface area contributed by atoms with Gasteiger partial charge in [-0.3, -0.25) is 0 Å². The van der Waals surface area contributed by atoms with Gasteiger partial charge in [-0.15, -0.1) is 11.3 Å². The van der Waals surface area contributed by atoms with E-state index < -0.39 is 0 Å². The number of hydrogen-bond acceptors (Lipinski definition) is 7. The summed E-state index contributed by atoms with van der Waals surface area (Å²) in [5, 5.41) is 4.46. The molecule has 0 atom stereocenters. The van der Waals surface area contributed by atoms with Crippen LogP contribution < -0.4 is 9.47 Å². The number of fused-ring (bicyclic) bond motifs is 8. The second kappa shape index (κ2) is 9.72. The van der Waals surface area contributed by atoms with Gasteiger partial charge in [0.2, 0.25) is 0 Å². The quantitative estimate of drug-likeness (QED) is 0.198. The fourth-order valence-corrected chi connectivity index (χ4v) is 7.32. The van der Waals surface area contributed by atoms with E-state index in [1.165, 1.54) is 10.1 Å². The molecule has 46 heavy (non-hydrogen) atoms. The number of hydrogen-bond donors (Lipinski definition) is 0. The van der Waals surface area contributed by atoms with Crippen LogP contribution in [-0.4, -0.2) is 15.0 Å². The van der Waals surface area contributed by atoms with Crippen molar-refractivity contribution in [2.24, 2.45) is 0 Å². The normalized spacial score (nSPS) is 12.3. The minimum Gasteiger partial charge on any atom is -0.456 e. The van der Waals surface area contributed by atoms with Crippen LogP contribution in [0, 0.1) is 0 Å². The van der Waals surface area contributed by atoms with E-state index in [-0.39, 0.29) is 0 Å². The van der Waals surface area contributed by atoms with Gasteiger partial charge in [-0.1, -0.05) is 78.9 Å². The van der Waals surface area contributed by atoms with Crippen molar-refractivity contribution in [3.63, 3.8) is 0 Å². The first kappa shape index (κ1) is 25.3. The Balaban J connectivity index is 1.14. The minimum atomic E-state index is 0.486. The van der Waals surface area contributed by atoms with E-state index in [1.807, 2.05) is 78.9 Å². The Morgan fingerprint density at radius 3 is 2.09 bits per heavy atom. The van der Waals surface area contributed by atoms with Crippen LogP contribution in [0.5, 0.6) is 23.0 Å². The highest BCUT2D eigenvalue weighted by molar-refractivity contribution is 7.25. The lowest BCUT2D eigenvalue weighted by molar-refractivity contribution is 0.361. The van der Waals surface area contributed by atoms with Gasteiger partial charge in [0.05, 0.1) is 5.56 Å². The van der Waals surface area contributed by atoms with Crippen molar-refractivity contribution in [3.8, 4) is 57.2 Å². The maximum Gasteiger partial charge on any atom is 0.181 e. The Morgan fingerprint density at radius 2 is 1.17 bits per heavy atom. The minimum absolute atomic E-state index is 0.486. The van der Waals surface area contributed by atoms with Gasteiger partial charge in [0.1, 0.15) is 11.2 Å². The number of aromatic nitrogens is 3. The van der Waals surface area contributed by atoms with Crippen LogP contribution >= 0.6 is 11.3 Å². The lowest BCUT2D eigenvalue weighted by atomic mass is 10.1. The molecule has 4 heterocycles. The zero-order chi connectivity index (χ0) is 30.2. The van der Waals surface area contributed by atoms with Gasteiger partial charge in [0.25, 0.3) is 0 Å². The first-order chi connectivity index (χ1) is 22.7. The smallest absolute Gasteiger partial charge is 0.181 e. The summed E-state index contributed by atoms with van der Waals surface area (Å²) in [7, 11) is 0. The number of furan rings is 1. The summed E-state index contributed by atoms with van der Waals surface area (Å²) >= 11 is 1.75. The second-order valence-corrected chi connectivity index (χ2v) is 12.3. The molecule has 9 aromatic rings. The number of benzene rings is 6. The van der Waals surface area contributed by atoms with Crippen LogP contribution in [0.25, 0.3) is 76.3 Å². The van der Waals surface area contributed by atoms with E-state index in [4.69, 9.17) is 28.8 Å². The molecule has 3 aromatic heterocycles. The van der Waals surface area contributed by atoms with Crippen LogP contribution in [0.4, 0.5) is 0 Å². The van der Waals surface area contributed by atoms with Gasteiger partial charge < -0.3 is 13.9 Å². The number of ether oxygens (including phenoxy) is 2. The summed E-state index contributed by atoms with van der Waals surface area (Å²) in [5.41, 5.74) is 4.04. The van der Waals surface area contributed by atoms with Gasteiger partial charge >= 0.3 is 0 Å². The summed E-state index contributed by atoms with van der Waals surface area (Å²) in [6.07, 6.45) is 0. The summed E-state index contributed by atoms with van der Waals surface area (Å²) in [6.45, 7) is 0. The zero-order valence-electron chi connectivity index (χ0n) is 24.1. The lowest BCUT2D eigenvalue weighted by Crippen LogP contribution is -2.04. The second-order valence-electron chi connectivity index (χ2n) is 11.2. The highest BCUT2D eigenvalue weighted by Gasteiger charge is 2.26. The van der Waals surface area contributed by atoms with Gasteiger partial charge in [0.15, 0.2) is 40.5 Å². The summed E-state index contributed by atoms with van der Waals surface area (Å²) < 4.78 is 21.7. The molecule has 10 rings (SSSR count). The van der Waals surface area contributed by atoms with Gasteiger partial charge in [-0.25, -0.2) is 15.0 Å². The van der Waals surface area contributed by atoms with E-state index in [9.17, 15) is 0 Å². The van der Waals surface area contributed by atoms with E-state index >= 15 is 0 Å². The first-order valence-electron chi connectivity index (χ1n) is 14.9. The average Bonchev–Trinajstić information content (AvgIpc) is 3.67. The number of para-hydroxylation sites is 2. The predicted octanol–water partition coefficient (Wildman–Crippen LogP) is 11.0. The molecular formula is C39H21N3O3S.